The molecule has 3 aromatic rings. The van der Waals surface area contributed by atoms with Gasteiger partial charge in [0, 0.05) is 12.7 Å². The van der Waals surface area contributed by atoms with Crippen LogP contribution in [0.2, 0.25) is 0 Å². The minimum atomic E-state index is 0.390. The third-order valence-electron chi connectivity index (χ3n) is 4.30. The number of rotatable bonds is 3. The van der Waals surface area contributed by atoms with Crippen LogP contribution in [0.15, 0.2) is 41.4 Å². The van der Waals surface area contributed by atoms with Crippen molar-refractivity contribution in [1.29, 1.82) is 0 Å². The fourth-order valence-electron chi connectivity index (χ4n) is 2.66. The zero-order chi connectivity index (χ0) is 17.3. The molecule has 124 valence electrons. The number of aryl methyl sites for hydroxylation is 4. The molecule has 0 radical (unpaired) electrons. The molecule has 0 saturated heterocycles. The molecule has 5 heteroatoms. The number of fused-ring (bicyclic) bond motifs is 1. The van der Waals surface area contributed by atoms with Crippen LogP contribution in [-0.2, 0) is 13.6 Å². The van der Waals surface area contributed by atoms with Crippen molar-refractivity contribution < 1.29 is 0 Å². The quantitative estimate of drug-likeness (QED) is 0.573. The van der Waals surface area contributed by atoms with Gasteiger partial charge in [0.25, 0.3) is 0 Å². The van der Waals surface area contributed by atoms with Gasteiger partial charge >= 0.3 is 0 Å². The number of aliphatic imine (C=N–C) groups is 1. The summed E-state index contributed by atoms with van der Waals surface area (Å²) in [6.07, 6.45) is 0. The SMILES string of the molecule is Cc1ccc2c(c1)nc(CN=C(N)Nc1ccc(C)c(C)c1)n2C. The van der Waals surface area contributed by atoms with Crippen LogP contribution in [0.5, 0.6) is 0 Å². The Hall–Kier alpha value is -2.82. The summed E-state index contributed by atoms with van der Waals surface area (Å²) < 4.78 is 2.06. The highest BCUT2D eigenvalue weighted by molar-refractivity contribution is 5.92. The van der Waals surface area contributed by atoms with E-state index in [9.17, 15) is 0 Å². The second kappa shape index (κ2) is 6.35. The number of anilines is 1. The van der Waals surface area contributed by atoms with Gasteiger partial charge in [-0.25, -0.2) is 9.98 Å². The Morgan fingerprint density at radius 3 is 2.67 bits per heavy atom. The van der Waals surface area contributed by atoms with Gasteiger partial charge in [-0.15, -0.1) is 0 Å². The molecule has 0 unspecified atom stereocenters. The Kier molecular flexibility index (Phi) is 4.25. The third kappa shape index (κ3) is 3.25. The van der Waals surface area contributed by atoms with Crippen LogP contribution < -0.4 is 11.1 Å². The second-order valence-electron chi connectivity index (χ2n) is 6.20. The molecule has 3 rings (SSSR count). The fraction of sp³-hybridized carbons (Fsp3) is 0.263. The number of guanidine groups is 1. The summed E-state index contributed by atoms with van der Waals surface area (Å²) in [7, 11) is 2.00. The molecular weight excluding hydrogens is 298 g/mol. The van der Waals surface area contributed by atoms with Gasteiger partial charge in [-0.1, -0.05) is 12.1 Å². The molecular formula is C19H23N5. The van der Waals surface area contributed by atoms with Crippen LogP contribution in [0, 0.1) is 20.8 Å². The highest BCUT2D eigenvalue weighted by Crippen LogP contribution is 2.17. The number of hydrogen-bond donors (Lipinski definition) is 2. The van der Waals surface area contributed by atoms with Crippen molar-refractivity contribution in [3.63, 3.8) is 0 Å². The van der Waals surface area contributed by atoms with Gasteiger partial charge in [-0.2, -0.15) is 0 Å². The summed E-state index contributed by atoms with van der Waals surface area (Å²) in [6.45, 7) is 6.67. The smallest absolute Gasteiger partial charge is 0.193 e. The van der Waals surface area contributed by atoms with Gasteiger partial charge in [0.2, 0.25) is 0 Å². The number of nitrogens with two attached hydrogens (primary N) is 1. The van der Waals surface area contributed by atoms with Crippen LogP contribution in [0.4, 0.5) is 5.69 Å². The van der Waals surface area contributed by atoms with Crippen LogP contribution in [-0.4, -0.2) is 15.5 Å². The lowest BCUT2D eigenvalue weighted by Gasteiger charge is -2.08. The Bertz CT molecular complexity index is 921. The first-order valence-corrected chi connectivity index (χ1v) is 8.00. The highest BCUT2D eigenvalue weighted by atomic mass is 15.1. The summed E-state index contributed by atoms with van der Waals surface area (Å²) in [5, 5.41) is 3.13. The van der Waals surface area contributed by atoms with Crippen LogP contribution in [0.25, 0.3) is 11.0 Å². The van der Waals surface area contributed by atoms with E-state index in [1.807, 2.05) is 13.1 Å². The maximum atomic E-state index is 6.01. The van der Waals surface area contributed by atoms with E-state index in [2.05, 4.69) is 71.0 Å². The van der Waals surface area contributed by atoms with Crippen molar-refractivity contribution in [3.05, 3.63) is 58.9 Å². The Labute approximate surface area is 142 Å². The lowest BCUT2D eigenvalue weighted by atomic mass is 10.1. The van der Waals surface area contributed by atoms with Crippen molar-refractivity contribution >= 4 is 22.7 Å². The molecule has 0 spiro atoms. The van der Waals surface area contributed by atoms with Crippen molar-refractivity contribution in [2.45, 2.75) is 27.3 Å². The standard InChI is InChI=1S/C19H23N5/c1-12-5-8-17-16(9-12)23-18(24(17)4)11-21-19(20)22-15-7-6-13(2)14(3)10-15/h5-10H,11H2,1-4H3,(H3,20,21,22). The second-order valence-corrected chi connectivity index (χ2v) is 6.20. The summed E-state index contributed by atoms with van der Waals surface area (Å²) in [6, 6.07) is 12.4. The molecule has 24 heavy (non-hydrogen) atoms. The van der Waals surface area contributed by atoms with E-state index < -0.39 is 0 Å². The topological polar surface area (TPSA) is 68.2 Å². The zero-order valence-electron chi connectivity index (χ0n) is 14.6. The van der Waals surface area contributed by atoms with Gasteiger partial charge < -0.3 is 15.6 Å². The van der Waals surface area contributed by atoms with Gasteiger partial charge in [0.05, 0.1) is 11.0 Å². The molecule has 0 aliphatic carbocycles. The van der Waals surface area contributed by atoms with Crippen molar-refractivity contribution in [2.24, 2.45) is 17.8 Å². The molecule has 2 aromatic carbocycles. The van der Waals surface area contributed by atoms with E-state index in [1.165, 1.54) is 16.7 Å². The molecule has 0 saturated carbocycles. The van der Waals surface area contributed by atoms with Gasteiger partial charge in [-0.3, -0.25) is 0 Å². The summed E-state index contributed by atoms with van der Waals surface area (Å²) >= 11 is 0. The number of hydrogen-bond acceptors (Lipinski definition) is 2. The highest BCUT2D eigenvalue weighted by Gasteiger charge is 2.07. The molecule has 1 heterocycles. The maximum absolute atomic E-state index is 6.01. The van der Waals surface area contributed by atoms with E-state index in [0.29, 0.717) is 12.5 Å². The molecule has 0 bridgehead atoms. The van der Waals surface area contributed by atoms with Crippen LogP contribution >= 0.6 is 0 Å². The van der Waals surface area contributed by atoms with Crippen LogP contribution in [0.1, 0.15) is 22.5 Å². The average molecular weight is 321 g/mol. The van der Waals surface area contributed by atoms with Crippen molar-refractivity contribution in [3.8, 4) is 0 Å². The Morgan fingerprint density at radius 2 is 1.92 bits per heavy atom. The molecule has 0 amide bonds. The number of nitrogens with zero attached hydrogens (tertiary/aromatic N) is 3. The van der Waals surface area contributed by atoms with E-state index in [1.54, 1.807) is 0 Å². The van der Waals surface area contributed by atoms with Crippen molar-refractivity contribution in [1.82, 2.24) is 9.55 Å². The first-order valence-electron chi connectivity index (χ1n) is 8.00. The fourth-order valence-corrected chi connectivity index (χ4v) is 2.66. The molecule has 0 atom stereocenters. The molecule has 0 fully saturated rings. The lowest BCUT2D eigenvalue weighted by molar-refractivity contribution is 0.812. The Balaban J connectivity index is 1.77. The van der Waals surface area contributed by atoms with Gasteiger partial charge in [0.1, 0.15) is 12.4 Å². The zero-order valence-corrected chi connectivity index (χ0v) is 14.6. The molecule has 5 nitrogen and oxygen atoms in total. The van der Waals surface area contributed by atoms with E-state index in [-0.39, 0.29) is 0 Å². The van der Waals surface area contributed by atoms with Gasteiger partial charge in [0.15, 0.2) is 5.96 Å². The summed E-state index contributed by atoms with van der Waals surface area (Å²) in [5.41, 5.74) is 12.7. The number of nitrogens with one attached hydrogen (secondary N) is 1. The minimum absolute atomic E-state index is 0.390. The monoisotopic (exact) mass is 321 g/mol. The summed E-state index contributed by atoms with van der Waals surface area (Å²) in [5.74, 6) is 1.28. The first-order chi connectivity index (χ1) is 11.4. The predicted molar refractivity (Wildman–Crippen MR) is 100 cm³/mol. The van der Waals surface area contributed by atoms with Crippen molar-refractivity contribution in [2.75, 3.05) is 5.32 Å². The summed E-state index contributed by atoms with van der Waals surface area (Å²) in [4.78, 5) is 9.07. The third-order valence-corrected chi connectivity index (χ3v) is 4.30. The number of aromatic nitrogens is 2. The maximum Gasteiger partial charge on any atom is 0.193 e. The van der Waals surface area contributed by atoms with E-state index >= 15 is 0 Å². The molecule has 0 aliphatic heterocycles. The first kappa shape index (κ1) is 16.1. The minimum Gasteiger partial charge on any atom is -0.370 e. The number of benzene rings is 2. The number of imidazole rings is 1. The molecule has 0 aliphatic rings. The van der Waals surface area contributed by atoms with Crippen LogP contribution in [0.3, 0.4) is 0 Å². The molecule has 3 N–H and O–H groups in total. The average Bonchev–Trinajstić information content (AvgIpc) is 2.84. The lowest BCUT2D eigenvalue weighted by Crippen LogP contribution is -2.22. The molecule has 1 aromatic heterocycles. The normalized spacial score (nSPS) is 11.9. The van der Waals surface area contributed by atoms with E-state index in [4.69, 9.17) is 5.73 Å². The Morgan fingerprint density at radius 1 is 1.12 bits per heavy atom. The largest absolute Gasteiger partial charge is 0.370 e. The predicted octanol–water partition coefficient (Wildman–Crippen LogP) is 3.43. The van der Waals surface area contributed by atoms with E-state index in [0.717, 1.165) is 22.5 Å². The van der Waals surface area contributed by atoms with Gasteiger partial charge in [-0.05, 0) is 61.7 Å².